The number of amides is 1. The second-order valence-electron chi connectivity index (χ2n) is 5.92. The summed E-state index contributed by atoms with van der Waals surface area (Å²) in [6.07, 6.45) is 1.86. The van der Waals surface area contributed by atoms with Gasteiger partial charge >= 0.3 is 0 Å². The molecule has 0 spiro atoms. The van der Waals surface area contributed by atoms with Gasteiger partial charge in [0.15, 0.2) is 0 Å². The molecule has 126 valence electrons. The highest BCUT2D eigenvalue weighted by Crippen LogP contribution is 2.16. The molecule has 0 N–H and O–H groups in total. The lowest BCUT2D eigenvalue weighted by Gasteiger charge is -2.34. The second kappa shape index (κ2) is 7.40. The topological polar surface area (TPSA) is 62.5 Å². The average Bonchev–Trinajstić information content (AvgIpc) is 3.10. The number of aromatic nitrogens is 2. The van der Waals surface area contributed by atoms with E-state index >= 15 is 0 Å². The van der Waals surface area contributed by atoms with Crippen LogP contribution in [0.25, 0.3) is 11.4 Å². The maximum atomic E-state index is 12.2. The van der Waals surface area contributed by atoms with Crippen molar-refractivity contribution in [2.24, 2.45) is 0 Å². The Morgan fingerprint density at radius 2 is 1.92 bits per heavy atom. The number of hydrogen-bond acceptors (Lipinski definition) is 5. The van der Waals surface area contributed by atoms with Crippen LogP contribution in [0.3, 0.4) is 0 Å². The van der Waals surface area contributed by atoms with E-state index in [1.165, 1.54) is 0 Å². The van der Waals surface area contributed by atoms with Crippen molar-refractivity contribution in [2.45, 2.75) is 20.4 Å². The molecule has 1 fully saturated rings. The van der Waals surface area contributed by atoms with Gasteiger partial charge in [0, 0.05) is 37.3 Å². The van der Waals surface area contributed by atoms with Gasteiger partial charge in [-0.3, -0.25) is 9.69 Å². The molecule has 1 amide bonds. The quantitative estimate of drug-likeness (QED) is 0.807. The smallest absolute Gasteiger partial charge is 0.249 e. The predicted octanol–water partition coefficient (Wildman–Crippen LogP) is 2.35. The van der Waals surface area contributed by atoms with Gasteiger partial charge in [-0.25, -0.2) is 0 Å². The van der Waals surface area contributed by atoms with Crippen LogP contribution in [0.1, 0.15) is 19.7 Å². The van der Waals surface area contributed by atoms with E-state index in [1.807, 2.05) is 55.2 Å². The minimum Gasteiger partial charge on any atom is -0.338 e. The average molecular weight is 326 g/mol. The van der Waals surface area contributed by atoms with E-state index in [2.05, 4.69) is 15.0 Å². The van der Waals surface area contributed by atoms with Gasteiger partial charge in [-0.1, -0.05) is 41.6 Å². The number of hydrogen-bond donors (Lipinski definition) is 0. The Labute approximate surface area is 141 Å². The fraction of sp³-hybridized carbons (Fsp3) is 0.389. The Kier molecular flexibility index (Phi) is 5.05. The van der Waals surface area contributed by atoms with Crippen LogP contribution in [-0.4, -0.2) is 52.0 Å². The molecule has 0 unspecified atom stereocenters. The van der Waals surface area contributed by atoms with Crippen LogP contribution in [0, 0.1) is 0 Å². The van der Waals surface area contributed by atoms with Crippen molar-refractivity contribution in [1.29, 1.82) is 0 Å². The van der Waals surface area contributed by atoms with E-state index in [0.29, 0.717) is 18.3 Å². The number of carbonyl (C=O) groups is 1. The summed E-state index contributed by atoms with van der Waals surface area (Å²) in [7, 11) is 0. The molecule has 24 heavy (non-hydrogen) atoms. The van der Waals surface area contributed by atoms with E-state index in [-0.39, 0.29) is 5.91 Å². The lowest BCUT2D eigenvalue weighted by molar-refractivity contribution is -0.128. The van der Waals surface area contributed by atoms with Crippen LogP contribution in [0.5, 0.6) is 0 Å². The number of allylic oxidation sites excluding steroid dienone is 1. The van der Waals surface area contributed by atoms with Crippen molar-refractivity contribution in [3.05, 3.63) is 47.9 Å². The van der Waals surface area contributed by atoms with E-state index < -0.39 is 0 Å². The van der Waals surface area contributed by atoms with Gasteiger partial charge < -0.3 is 9.42 Å². The van der Waals surface area contributed by atoms with E-state index in [0.717, 1.165) is 37.3 Å². The first-order valence-corrected chi connectivity index (χ1v) is 8.20. The third-order valence-corrected chi connectivity index (χ3v) is 4.29. The summed E-state index contributed by atoms with van der Waals surface area (Å²) in [6, 6.07) is 9.79. The molecule has 1 aliphatic heterocycles. The van der Waals surface area contributed by atoms with Crippen LogP contribution >= 0.6 is 0 Å². The van der Waals surface area contributed by atoms with Crippen molar-refractivity contribution >= 4 is 5.91 Å². The van der Waals surface area contributed by atoms with Gasteiger partial charge in [0.25, 0.3) is 0 Å². The SMILES string of the molecule is C/C=C(\C)C(=O)N1CCN(Cc2nc(-c3ccccc3)no2)CC1. The Hall–Kier alpha value is -2.47. The predicted molar refractivity (Wildman–Crippen MR) is 91.0 cm³/mol. The molecule has 0 atom stereocenters. The van der Waals surface area contributed by atoms with Crippen LogP contribution in [0.4, 0.5) is 0 Å². The molecule has 1 aromatic carbocycles. The molecule has 2 heterocycles. The van der Waals surface area contributed by atoms with Gasteiger partial charge in [0.05, 0.1) is 6.54 Å². The number of piperazine rings is 1. The molecule has 0 bridgehead atoms. The van der Waals surface area contributed by atoms with Crippen LogP contribution < -0.4 is 0 Å². The monoisotopic (exact) mass is 326 g/mol. The first kappa shape index (κ1) is 16.4. The first-order valence-electron chi connectivity index (χ1n) is 8.20. The second-order valence-corrected chi connectivity index (χ2v) is 5.92. The van der Waals surface area contributed by atoms with Crippen LogP contribution in [0.15, 0.2) is 46.5 Å². The molecule has 2 aromatic rings. The summed E-state index contributed by atoms with van der Waals surface area (Å²) in [4.78, 5) is 20.7. The van der Waals surface area contributed by atoms with E-state index in [4.69, 9.17) is 4.52 Å². The lowest BCUT2D eigenvalue weighted by Crippen LogP contribution is -2.48. The number of carbonyl (C=O) groups excluding carboxylic acids is 1. The van der Waals surface area contributed by atoms with Crippen molar-refractivity contribution in [1.82, 2.24) is 19.9 Å². The normalized spacial score (nSPS) is 16.4. The molecule has 0 aliphatic carbocycles. The Balaban J connectivity index is 1.55. The molecule has 6 nitrogen and oxygen atoms in total. The van der Waals surface area contributed by atoms with Gasteiger partial charge in [-0.2, -0.15) is 4.98 Å². The fourth-order valence-electron chi connectivity index (χ4n) is 2.70. The van der Waals surface area contributed by atoms with E-state index in [9.17, 15) is 4.79 Å². The van der Waals surface area contributed by atoms with Crippen LogP contribution in [0.2, 0.25) is 0 Å². The summed E-state index contributed by atoms with van der Waals surface area (Å²) < 4.78 is 5.36. The molecular weight excluding hydrogens is 304 g/mol. The highest BCUT2D eigenvalue weighted by atomic mass is 16.5. The van der Waals surface area contributed by atoms with Crippen molar-refractivity contribution in [3.63, 3.8) is 0 Å². The standard InChI is InChI=1S/C18H22N4O2/c1-3-14(2)18(23)22-11-9-21(10-12-22)13-16-19-17(20-24-16)15-7-5-4-6-8-15/h3-8H,9-13H2,1-2H3/b14-3+. The van der Waals surface area contributed by atoms with Gasteiger partial charge in [-0.15, -0.1) is 0 Å². The molecule has 0 saturated carbocycles. The molecule has 1 saturated heterocycles. The highest BCUT2D eigenvalue weighted by Gasteiger charge is 2.23. The van der Waals surface area contributed by atoms with Gasteiger partial charge in [0.1, 0.15) is 0 Å². The summed E-state index contributed by atoms with van der Waals surface area (Å²) in [6.45, 7) is 7.44. The third-order valence-electron chi connectivity index (χ3n) is 4.29. The maximum Gasteiger partial charge on any atom is 0.249 e. The number of rotatable bonds is 4. The zero-order valence-corrected chi connectivity index (χ0v) is 14.1. The summed E-state index contributed by atoms with van der Waals surface area (Å²) in [5.41, 5.74) is 1.75. The molecule has 3 rings (SSSR count). The molecule has 1 aromatic heterocycles. The van der Waals surface area contributed by atoms with Gasteiger partial charge in [0.2, 0.25) is 17.6 Å². The molecule has 0 radical (unpaired) electrons. The van der Waals surface area contributed by atoms with Crippen molar-refractivity contribution in [3.8, 4) is 11.4 Å². The Morgan fingerprint density at radius 1 is 1.21 bits per heavy atom. The zero-order chi connectivity index (χ0) is 16.9. The zero-order valence-electron chi connectivity index (χ0n) is 14.1. The lowest BCUT2D eigenvalue weighted by atomic mass is 10.2. The molecule has 6 heteroatoms. The minimum atomic E-state index is 0.126. The minimum absolute atomic E-state index is 0.126. The summed E-state index contributed by atoms with van der Waals surface area (Å²) in [5.74, 6) is 1.35. The number of nitrogens with zero attached hydrogens (tertiary/aromatic N) is 4. The highest BCUT2D eigenvalue weighted by molar-refractivity contribution is 5.92. The Morgan fingerprint density at radius 3 is 2.58 bits per heavy atom. The van der Waals surface area contributed by atoms with Crippen molar-refractivity contribution in [2.75, 3.05) is 26.2 Å². The van der Waals surface area contributed by atoms with E-state index in [1.54, 1.807) is 0 Å². The molecular formula is C18H22N4O2. The Bertz CT molecular complexity index is 716. The largest absolute Gasteiger partial charge is 0.338 e. The van der Waals surface area contributed by atoms with Gasteiger partial charge in [-0.05, 0) is 13.8 Å². The van der Waals surface area contributed by atoms with Crippen LogP contribution in [-0.2, 0) is 11.3 Å². The molecule has 1 aliphatic rings. The maximum absolute atomic E-state index is 12.2. The number of benzene rings is 1. The summed E-state index contributed by atoms with van der Waals surface area (Å²) >= 11 is 0. The fourth-order valence-corrected chi connectivity index (χ4v) is 2.70. The van der Waals surface area contributed by atoms with Crippen molar-refractivity contribution < 1.29 is 9.32 Å². The third kappa shape index (κ3) is 3.71. The summed E-state index contributed by atoms with van der Waals surface area (Å²) in [5, 5.41) is 4.04. The first-order chi connectivity index (χ1) is 11.7.